The van der Waals surface area contributed by atoms with Crippen molar-refractivity contribution in [2.45, 2.75) is 19.6 Å². The van der Waals surface area contributed by atoms with Crippen LogP contribution in [0.5, 0.6) is 11.5 Å². The van der Waals surface area contributed by atoms with Gasteiger partial charge in [-0.05, 0) is 35.4 Å². The molecular formula is C19H18F2N2O3. The molecule has 2 rings (SSSR count). The van der Waals surface area contributed by atoms with Crippen LogP contribution < -0.4 is 9.47 Å². The fourth-order valence-electron chi connectivity index (χ4n) is 2.19. The Morgan fingerprint density at radius 2 is 1.65 bits per heavy atom. The number of carbonyl (C=O) groups excluding carboxylic acids is 1. The zero-order valence-electron chi connectivity index (χ0n) is 14.2. The average Bonchev–Trinajstić information content (AvgIpc) is 2.62. The number of benzene rings is 2. The van der Waals surface area contributed by atoms with E-state index in [9.17, 15) is 13.6 Å². The van der Waals surface area contributed by atoms with E-state index in [1.165, 1.54) is 17.0 Å². The Balaban J connectivity index is 1.82. The number of nitrogens with zero attached hydrogens (tertiary/aromatic N) is 2. The second-order valence-electron chi connectivity index (χ2n) is 5.54. The molecule has 2 aromatic carbocycles. The third-order valence-electron chi connectivity index (χ3n) is 3.56. The Hall–Kier alpha value is -3.14. The highest BCUT2D eigenvalue weighted by atomic mass is 19.3. The van der Waals surface area contributed by atoms with Crippen LogP contribution in [0.3, 0.4) is 0 Å². The highest BCUT2D eigenvalue weighted by Gasteiger charge is 2.11. The lowest BCUT2D eigenvalue weighted by Crippen LogP contribution is -2.30. The minimum Gasteiger partial charge on any atom is -0.484 e. The van der Waals surface area contributed by atoms with Crippen molar-refractivity contribution >= 4 is 5.91 Å². The van der Waals surface area contributed by atoms with E-state index in [0.29, 0.717) is 18.7 Å². The van der Waals surface area contributed by atoms with E-state index < -0.39 is 6.61 Å². The van der Waals surface area contributed by atoms with E-state index in [4.69, 9.17) is 10.00 Å². The van der Waals surface area contributed by atoms with Crippen LogP contribution in [0.1, 0.15) is 11.1 Å². The highest BCUT2D eigenvalue weighted by Crippen LogP contribution is 2.16. The third-order valence-corrected chi connectivity index (χ3v) is 3.56. The number of likely N-dealkylation sites (N-methyl/N-ethyl adjacent to an activating group) is 1. The number of hydrogen-bond donors (Lipinski definition) is 0. The van der Waals surface area contributed by atoms with Crippen molar-refractivity contribution in [3.05, 3.63) is 59.7 Å². The monoisotopic (exact) mass is 360 g/mol. The first-order valence-corrected chi connectivity index (χ1v) is 7.84. The van der Waals surface area contributed by atoms with Crippen molar-refractivity contribution in [1.82, 2.24) is 4.90 Å². The van der Waals surface area contributed by atoms with E-state index >= 15 is 0 Å². The molecule has 0 bridgehead atoms. The van der Waals surface area contributed by atoms with Crippen molar-refractivity contribution in [3.8, 4) is 17.6 Å². The maximum Gasteiger partial charge on any atom is 0.387 e. The number of carbonyl (C=O) groups is 1. The lowest BCUT2D eigenvalue weighted by Gasteiger charge is -2.18. The van der Waals surface area contributed by atoms with Crippen LogP contribution in [0.15, 0.2) is 48.5 Å². The van der Waals surface area contributed by atoms with Gasteiger partial charge in [0, 0.05) is 13.6 Å². The summed E-state index contributed by atoms with van der Waals surface area (Å²) in [5.41, 5.74) is 1.66. The maximum absolute atomic E-state index is 12.1. The van der Waals surface area contributed by atoms with Gasteiger partial charge in [0.15, 0.2) is 6.61 Å². The van der Waals surface area contributed by atoms with Gasteiger partial charge in [-0.2, -0.15) is 14.0 Å². The molecule has 0 atom stereocenters. The number of amides is 1. The predicted molar refractivity (Wildman–Crippen MR) is 90.8 cm³/mol. The van der Waals surface area contributed by atoms with Gasteiger partial charge in [0.1, 0.15) is 11.5 Å². The van der Waals surface area contributed by atoms with Gasteiger partial charge < -0.3 is 14.4 Å². The Labute approximate surface area is 150 Å². The Bertz CT molecular complexity index is 756. The van der Waals surface area contributed by atoms with E-state index in [2.05, 4.69) is 10.8 Å². The first kappa shape index (κ1) is 19.2. The van der Waals surface area contributed by atoms with Crippen LogP contribution in [0.25, 0.3) is 0 Å². The van der Waals surface area contributed by atoms with Crippen LogP contribution in [0.2, 0.25) is 0 Å². The summed E-state index contributed by atoms with van der Waals surface area (Å²) in [4.78, 5) is 13.6. The third kappa shape index (κ3) is 6.06. The molecule has 7 heteroatoms. The van der Waals surface area contributed by atoms with E-state index in [1.807, 2.05) is 0 Å². The largest absolute Gasteiger partial charge is 0.484 e. The van der Waals surface area contributed by atoms with Gasteiger partial charge >= 0.3 is 6.61 Å². The highest BCUT2D eigenvalue weighted by molar-refractivity contribution is 5.77. The summed E-state index contributed by atoms with van der Waals surface area (Å²) >= 11 is 0. The molecule has 0 aliphatic heterocycles. The number of ether oxygens (including phenoxy) is 2. The van der Waals surface area contributed by atoms with E-state index in [0.717, 1.165) is 11.1 Å². The molecule has 26 heavy (non-hydrogen) atoms. The van der Waals surface area contributed by atoms with Crippen molar-refractivity contribution < 1.29 is 23.0 Å². The number of halogens is 2. The molecule has 0 aliphatic carbocycles. The maximum atomic E-state index is 12.1. The van der Waals surface area contributed by atoms with Gasteiger partial charge in [0.2, 0.25) is 0 Å². The molecule has 1 amide bonds. The average molecular weight is 360 g/mol. The molecule has 0 heterocycles. The second-order valence-corrected chi connectivity index (χ2v) is 5.54. The molecular weight excluding hydrogens is 342 g/mol. The van der Waals surface area contributed by atoms with E-state index in [1.54, 1.807) is 43.4 Å². The fraction of sp³-hybridized carbons (Fsp3) is 0.263. The first-order chi connectivity index (χ1) is 12.5. The second kappa shape index (κ2) is 9.37. The number of hydrogen-bond acceptors (Lipinski definition) is 4. The van der Waals surface area contributed by atoms with Crippen molar-refractivity contribution in [3.63, 3.8) is 0 Å². The topological polar surface area (TPSA) is 62.6 Å². The summed E-state index contributed by atoms with van der Waals surface area (Å²) in [7, 11) is 1.63. The molecule has 0 aliphatic rings. The van der Waals surface area contributed by atoms with Crippen LogP contribution in [0, 0.1) is 11.3 Å². The molecule has 0 fully saturated rings. The molecule has 0 radical (unpaired) electrons. The number of alkyl halides is 2. The van der Waals surface area contributed by atoms with Gasteiger partial charge in [-0.25, -0.2) is 0 Å². The number of nitriles is 1. The molecule has 5 nitrogen and oxygen atoms in total. The van der Waals surface area contributed by atoms with Gasteiger partial charge in [-0.15, -0.1) is 0 Å². The van der Waals surface area contributed by atoms with Crippen LogP contribution in [-0.2, 0) is 17.8 Å². The van der Waals surface area contributed by atoms with Gasteiger partial charge in [0.05, 0.1) is 12.5 Å². The summed E-state index contributed by atoms with van der Waals surface area (Å²) in [6.45, 7) is -2.67. The minimum atomic E-state index is -2.86. The molecule has 0 saturated heterocycles. The summed E-state index contributed by atoms with van der Waals surface area (Å²) in [5.74, 6) is 0.391. The Morgan fingerprint density at radius 3 is 2.23 bits per heavy atom. The smallest absolute Gasteiger partial charge is 0.387 e. The van der Waals surface area contributed by atoms with Crippen LogP contribution in [-0.4, -0.2) is 31.1 Å². The molecule has 0 N–H and O–H groups in total. The fourth-order valence-corrected chi connectivity index (χ4v) is 2.19. The molecule has 0 unspecified atom stereocenters. The van der Waals surface area contributed by atoms with E-state index in [-0.39, 0.29) is 18.3 Å². The quantitative estimate of drug-likeness (QED) is 0.724. The molecule has 2 aromatic rings. The van der Waals surface area contributed by atoms with Gasteiger partial charge in [0.25, 0.3) is 5.91 Å². The normalized spacial score (nSPS) is 10.3. The van der Waals surface area contributed by atoms with Crippen LogP contribution >= 0.6 is 0 Å². The van der Waals surface area contributed by atoms with Crippen molar-refractivity contribution in [1.29, 1.82) is 5.26 Å². The predicted octanol–water partition coefficient (Wildman–Crippen LogP) is 3.39. The minimum absolute atomic E-state index is 0.0703. The molecule has 136 valence electrons. The Kier molecular flexibility index (Phi) is 6.92. The van der Waals surface area contributed by atoms with Crippen LogP contribution in [0.4, 0.5) is 8.78 Å². The van der Waals surface area contributed by atoms with Gasteiger partial charge in [-0.3, -0.25) is 4.79 Å². The zero-order valence-corrected chi connectivity index (χ0v) is 14.2. The summed E-state index contributed by atoms with van der Waals surface area (Å²) in [5, 5.41) is 8.63. The van der Waals surface area contributed by atoms with Crippen molar-refractivity contribution in [2.75, 3.05) is 13.7 Å². The lowest BCUT2D eigenvalue weighted by atomic mass is 10.2. The summed E-state index contributed by atoms with van der Waals surface area (Å²) in [6.07, 6.45) is 0.323. The summed E-state index contributed by atoms with van der Waals surface area (Å²) < 4.78 is 34.0. The summed E-state index contributed by atoms with van der Waals surface area (Å²) in [6, 6.07) is 15.1. The lowest BCUT2D eigenvalue weighted by molar-refractivity contribution is -0.132. The number of rotatable bonds is 8. The Morgan fingerprint density at radius 1 is 1.08 bits per heavy atom. The molecule has 0 aromatic heterocycles. The molecule has 0 saturated carbocycles. The van der Waals surface area contributed by atoms with Gasteiger partial charge in [-0.1, -0.05) is 24.3 Å². The standard InChI is InChI=1S/C19H18F2N2O3/c1-23(12-15-4-8-17(9-5-15)26-19(20)21)18(24)13-25-16-6-2-14(3-7-16)10-11-22/h2-9,19H,10,12-13H2,1H3. The zero-order chi connectivity index (χ0) is 18.9. The van der Waals surface area contributed by atoms with Crippen molar-refractivity contribution in [2.24, 2.45) is 0 Å². The molecule has 0 spiro atoms. The SMILES string of the molecule is CN(Cc1ccc(OC(F)F)cc1)C(=O)COc1ccc(CC#N)cc1. The first-order valence-electron chi connectivity index (χ1n) is 7.84.